The third-order valence-electron chi connectivity index (χ3n) is 1.47. The summed E-state index contributed by atoms with van der Waals surface area (Å²) in [7, 11) is -5.01. The van der Waals surface area contributed by atoms with Crippen molar-refractivity contribution in [2.24, 2.45) is 0 Å². The van der Waals surface area contributed by atoms with Crippen molar-refractivity contribution >= 4 is 21.3 Å². The average molecular weight is 255 g/mol. The molecular weight excluding hydrogens is 245 g/mol. The molecule has 1 aromatic heterocycles. The molecule has 0 unspecified atom stereocenters. The molecule has 0 fully saturated rings. The van der Waals surface area contributed by atoms with E-state index in [9.17, 15) is 13.0 Å². The maximum absolute atomic E-state index is 10.5. The first-order chi connectivity index (χ1) is 8.22. The molecule has 1 aromatic carbocycles. The fourth-order valence-corrected chi connectivity index (χ4v) is 1.34. The largest absolute Gasteiger partial charge is 1.00 e. The minimum Gasteiger partial charge on any atom is -0.716 e. The number of nitrogens with one attached hydrogen (secondary N) is 1. The van der Waals surface area contributed by atoms with Crippen molar-refractivity contribution in [3.05, 3.63) is 30.4 Å². The maximum Gasteiger partial charge on any atom is 1.00 e. The van der Waals surface area contributed by atoms with Crippen LogP contribution in [0.5, 0.6) is 5.75 Å². The van der Waals surface area contributed by atoms with Crippen molar-refractivity contribution in [3.63, 3.8) is 0 Å². The first kappa shape index (κ1) is 8.23. The van der Waals surface area contributed by atoms with E-state index in [4.69, 9.17) is 5.48 Å². The predicted octanol–water partition coefficient (Wildman–Crippen LogP) is -1.99. The van der Waals surface area contributed by atoms with Crippen LogP contribution in [0.3, 0.4) is 0 Å². The number of rotatable bonds is 2. The molecule has 0 saturated carbocycles. The van der Waals surface area contributed by atoms with Crippen LogP contribution in [0, 0.1) is 0 Å². The van der Waals surface area contributed by atoms with E-state index in [1.165, 1.54) is 0 Å². The van der Waals surface area contributed by atoms with Gasteiger partial charge in [0.25, 0.3) is 10.4 Å². The Morgan fingerprint density at radius 3 is 2.73 bits per heavy atom. The van der Waals surface area contributed by atoms with Gasteiger partial charge >= 0.3 is 51.4 Å². The molecule has 0 radical (unpaired) electrons. The number of hydrogen-bond acceptors (Lipinski definition) is 4. The molecule has 5 nitrogen and oxygen atoms in total. The molecule has 0 aliphatic carbocycles. The topological polar surface area (TPSA) is 82.2 Å². The summed E-state index contributed by atoms with van der Waals surface area (Å²) in [5, 5.41) is -0.180. The van der Waals surface area contributed by atoms with Gasteiger partial charge in [-0.2, -0.15) is 0 Å². The summed E-state index contributed by atoms with van der Waals surface area (Å²) < 4.78 is 65.7. The second-order valence-electron chi connectivity index (χ2n) is 2.39. The van der Waals surface area contributed by atoms with Gasteiger partial charge in [0.05, 0.1) is 5.48 Å². The normalized spacial score (nSPS) is 14.7. The van der Waals surface area contributed by atoms with Crippen LogP contribution in [0.15, 0.2) is 30.4 Å². The standard InChI is InChI=1S/C8H7NO4S.K/c10-14(11,12)13-8-5-9-7-4-2-1-3-6(7)8;/h1-5,9H,(H,10,11,12);/q;+1/p-1/i1D,2D,3D,4D;. The summed E-state index contributed by atoms with van der Waals surface area (Å²) >= 11 is 0. The van der Waals surface area contributed by atoms with Gasteiger partial charge in [-0.25, -0.2) is 8.42 Å². The van der Waals surface area contributed by atoms with E-state index in [1.54, 1.807) is 0 Å². The molecule has 0 aliphatic heterocycles. The van der Waals surface area contributed by atoms with E-state index in [0.717, 1.165) is 6.20 Å². The average Bonchev–Trinajstić information content (AvgIpc) is 2.65. The Kier molecular flexibility index (Phi) is 2.72. The second-order valence-corrected chi connectivity index (χ2v) is 3.38. The first-order valence-corrected chi connectivity index (χ1v) is 4.78. The quantitative estimate of drug-likeness (QED) is 0.383. The van der Waals surface area contributed by atoms with E-state index >= 15 is 0 Å². The third-order valence-corrected chi connectivity index (χ3v) is 1.86. The zero-order valence-corrected chi connectivity index (χ0v) is 11.6. The molecule has 74 valence electrons. The van der Waals surface area contributed by atoms with Crippen LogP contribution in [0.1, 0.15) is 5.48 Å². The van der Waals surface area contributed by atoms with E-state index in [1.807, 2.05) is 0 Å². The number of aromatic nitrogens is 1. The fourth-order valence-electron chi connectivity index (χ4n) is 0.991. The van der Waals surface area contributed by atoms with E-state index in [2.05, 4.69) is 9.17 Å². The summed E-state index contributed by atoms with van der Waals surface area (Å²) in [4.78, 5) is 2.45. The van der Waals surface area contributed by atoms with Gasteiger partial charge in [0.2, 0.25) is 0 Å². The Morgan fingerprint density at radius 1 is 1.40 bits per heavy atom. The molecule has 0 amide bonds. The number of fused-ring (bicyclic) bond motifs is 1. The van der Waals surface area contributed by atoms with Crippen molar-refractivity contribution in [1.82, 2.24) is 4.98 Å². The summed E-state index contributed by atoms with van der Waals surface area (Å²) in [5.41, 5.74) is -0.0281. The molecule has 7 heteroatoms. The van der Waals surface area contributed by atoms with Gasteiger partial charge in [-0.3, -0.25) is 0 Å². The number of H-pyrrole nitrogens is 1. The van der Waals surface area contributed by atoms with E-state index in [0.29, 0.717) is 0 Å². The minimum atomic E-state index is -5.01. The van der Waals surface area contributed by atoms with Crippen LogP contribution in [-0.2, 0) is 10.4 Å². The van der Waals surface area contributed by atoms with Crippen molar-refractivity contribution < 1.29 is 74.0 Å². The molecule has 0 bridgehead atoms. The zero-order chi connectivity index (χ0) is 13.7. The monoisotopic (exact) mass is 255 g/mol. The molecule has 1 N–H and O–H groups in total. The van der Waals surface area contributed by atoms with E-state index in [-0.39, 0.29) is 68.3 Å². The zero-order valence-electron chi connectivity index (χ0n) is 11.6. The molecule has 2 rings (SSSR count). The third kappa shape index (κ3) is 3.28. The molecule has 0 saturated heterocycles. The van der Waals surface area contributed by atoms with Crippen LogP contribution in [0.25, 0.3) is 10.9 Å². The van der Waals surface area contributed by atoms with Crippen molar-refractivity contribution in [2.75, 3.05) is 0 Å². The molecule has 15 heavy (non-hydrogen) atoms. The SMILES string of the molecule is [2H]c1c([2H])c([2H])c2c(OS(=O)(=O)[O-])c[nH]c2c1[2H].[K+]. The van der Waals surface area contributed by atoms with Crippen LogP contribution in [0.2, 0.25) is 0 Å². The van der Waals surface area contributed by atoms with Gasteiger partial charge in [0.15, 0.2) is 5.75 Å². The number of aromatic amines is 1. The molecular formula is C8H6KNO4S. The Hall–Kier alpha value is 0.106. The summed E-state index contributed by atoms with van der Waals surface area (Å²) in [6, 6.07) is -1.86. The van der Waals surface area contributed by atoms with Crippen molar-refractivity contribution in [2.45, 2.75) is 0 Å². The molecule has 0 spiro atoms. The van der Waals surface area contributed by atoms with Crippen molar-refractivity contribution in [1.29, 1.82) is 0 Å². The van der Waals surface area contributed by atoms with E-state index < -0.39 is 34.3 Å². The maximum atomic E-state index is 10.5. The van der Waals surface area contributed by atoms with Gasteiger partial charge in [-0.1, -0.05) is 12.1 Å². The Bertz CT molecular complexity index is 745. The van der Waals surface area contributed by atoms with Gasteiger partial charge < -0.3 is 13.7 Å². The van der Waals surface area contributed by atoms with Crippen LogP contribution in [0.4, 0.5) is 0 Å². The Morgan fingerprint density at radius 2 is 2.07 bits per heavy atom. The van der Waals surface area contributed by atoms with Crippen LogP contribution in [-0.4, -0.2) is 18.0 Å². The molecule has 0 aliphatic rings. The van der Waals surface area contributed by atoms with Gasteiger partial charge in [0, 0.05) is 17.1 Å². The fraction of sp³-hybridized carbons (Fsp3) is 0. The smallest absolute Gasteiger partial charge is 0.716 e. The number of hydrogen-bond donors (Lipinski definition) is 1. The van der Waals surface area contributed by atoms with Crippen molar-refractivity contribution in [3.8, 4) is 5.75 Å². The first-order valence-electron chi connectivity index (χ1n) is 5.45. The summed E-state index contributed by atoms with van der Waals surface area (Å²) in [6.45, 7) is 0. The van der Waals surface area contributed by atoms with Gasteiger partial charge in [0.1, 0.15) is 0 Å². The summed E-state index contributed by atoms with van der Waals surface area (Å²) in [6.07, 6.45) is 0.995. The number of benzene rings is 1. The van der Waals surface area contributed by atoms with Crippen LogP contribution >= 0.6 is 0 Å². The summed E-state index contributed by atoms with van der Waals surface area (Å²) in [5.74, 6) is -0.452. The molecule has 2 aromatic rings. The molecule has 0 atom stereocenters. The second kappa shape index (κ2) is 4.96. The van der Waals surface area contributed by atoms with Gasteiger partial charge in [-0.05, 0) is 12.1 Å². The minimum absolute atomic E-state index is 0. The predicted molar refractivity (Wildman–Crippen MR) is 48.6 cm³/mol. The van der Waals surface area contributed by atoms with Gasteiger partial charge in [-0.15, -0.1) is 0 Å². The Labute approximate surface area is 135 Å². The van der Waals surface area contributed by atoms with Crippen LogP contribution < -0.4 is 55.6 Å². The Balaban J connectivity index is 0.00000180. The molecule has 1 heterocycles. The number of para-hydroxylation sites is 1.